The molecule has 0 aliphatic rings. The highest BCUT2D eigenvalue weighted by molar-refractivity contribution is 5.92. The summed E-state index contributed by atoms with van der Waals surface area (Å²) in [5.74, 6) is -3.20. The molecule has 0 saturated heterocycles. The predicted octanol–water partition coefficient (Wildman–Crippen LogP) is 3.24. The molecule has 210 valence electrons. The average molecular weight is 523 g/mol. The van der Waals surface area contributed by atoms with Crippen LogP contribution in [0.2, 0.25) is 0 Å². The van der Waals surface area contributed by atoms with Gasteiger partial charge in [0.25, 0.3) is 0 Å². The van der Waals surface area contributed by atoms with Crippen LogP contribution in [0.15, 0.2) is 0 Å². The first-order chi connectivity index (χ1) is 16.8. The second-order valence-corrected chi connectivity index (χ2v) is 9.52. The molecule has 0 bridgehead atoms. The Morgan fingerprint density at radius 2 is 1.50 bits per heavy atom. The molecule has 0 aromatic heterocycles. The highest BCUT2D eigenvalue weighted by Gasteiger charge is 2.38. The fourth-order valence-corrected chi connectivity index (χ4v) is 3.66. The molecule has 3 amide bonds. The maximum atomic E-state index is 12.9. The van der Waals surface area contributed by atoms with Gasteiger partial charge in [0.05, 0.1) is 18.6 Å². The molecule has 0 heterocycles. The Morgan fingerprint density at radius 3 is 2.03 bits per heavy atom. The maximum absolute atomic E-state index is 12.9. The molecule has 5 atom stereocenters. The van der Waals surface area contributed by atoms with Gasteiger partial charge in [-0.25, -0.2) is 0 Å². The van der Waals surface area contributed by atoms with Gasteiger partial charge in [0.15, 0.2) is 5.78 Å². The maximum Gasteiger partial charge on any atom is 0.471 e. The number of carbonyl (C=O) groups is 4. The summed E-state index contributed by atoms with van der Waals surface area (Å²) in [6.45, 7) is 11.2. The third-order valence-electron chi connectivity index (χ3n) is 6.34. The monoisotopic (exact) mass is 522 g/mol. The number of amides is 3. The second-order valence-electron chi connectivity index (χ2n) is 9.52. The summed E-state index contributed by atoms with van der Waals surface area (Å²) in [7, 11) is 0. The third-order valence-corrected chi connectivity index (χ3v) is 6.34. The van der Waals surface area contributed by atoms with Gasteiger partial charge in [0, 0.05) is 18.5 Å². The first kappa shape index (κ1) is 33.8. The highest BCUT2D eigenvalue weighted by atomic mass is 19.4. The van der Waals surface area contributed by atoms with Crippen LogP contribution < -0.4 is 21.3 Å². The van der Waals surface area contributed by atoms with Crippen LogP contribution in [0.5, 0.6) is 0 Å². The Balaban J connectivity index is 4.99. The zero-order valence-electron chi connectivity index (χ0n) is 22.5. The van der Waals surface area contributed by atoms with Gasteiger partial charge in [-0.15, -0.1) is 0 Å². The number of carbonyl (C=O) groups excluding carboxylic acids is 4. The van der Waals surface area contributed by atoms with Crippen molar-refractivity contribution in [2.24, 2.45) is 11.8 Å². The number of alkyl halides is 3. The van der Waals surface area contributed by atoms with E-state index in [1.165, 1.54) is 0 Å². The lowest BCUT2D eigenvalue weighted by atomic mass is 9.92. The van der Waals surface area contributed by atoms with Crippen LogP contribution in [0, 0.1) is 11.8 Å². The lowest BCUT2D eigenvalue weighted by Gasteiger charge is -2.27. The van der Waals surface area contributed by atoms with Crippen molar-refractivity contribution in [2.45, 2.75) is 111 Å². The molecule has 11 heteroatoms. The van der Waals surface area contributed by atoms with Gasteiger partial charge in [-0.2, -0.15) is 13.2 Å². The number of rotatable bonds is 18. The molecule has 0 radical (unpaired) electrons. The first-order valence-electron chi connectivity index (χ1n) is 13.0. The van der Waals surface area contributed by atoms with E-state index in [1.807, 2.05) is 34.6 Å². The van der Waals surface area contributed by atoms with E-state index in [2.05, 4.69) is 16.0 Å². The van der Waals surface area contributed by atoms with Crippen LogP contribution in [-0.2, 0) is 19.2 Å². The lowest BCUT2D eigenvalue weighted by Crippen LogP contribution is -2.53. The normalized spacial score (nSPS) is 15.8. The summed E-state index contributed by atoms with van der Waals surface area (Å²) in [6.07, 6.45) is -1.12. The Labute approximate surface area is 213 Å². The number of nitrogens with one attached hydrogen (secondary N) is 4. The van der Waals surface area contributed by atoms with Crippen molar-refractivity contribution in [1.29, 1.82) is 0 Å². The minimum absolute atomic E-state index is 0.0594. The van der Waals surface area contributed by atoms with Crippen molar-refractivity contribution in [1.82, 2.24) is 21.3 Å². The standard InChI is InChI=1S/C25H45F3N4O4/c1-7-12-17(5)22(34)19(13-10-11-14-29-24(36)25(26,27)28)32-20(33)15-30-23(35)21(16(4)8-2)31-18(6)9-3/h16-19,21,31H,7-15H2,1-6H3,(H,29,36)(H,30,35)(H,32,33)/t16-,17?,18?,19-,21?/m0/s1. The van der Waals surface area contributed by atoms with E-state index in [1.54, 1.807) is 12.2 Å². The fourth-order valence-electron chi connectivity index (χ4n) is 3.66. The van der Waals surface area contributed by atoms with Crippen molar-refractivity contribution in [3.8, 4) is 0 Å². The van der Waals surface area contributed by atoms with E-state index in [-0.39, 0.29) is 55.5 Å². The summed E-state index contributed by atoms with van der Waals surface area (Å²) in [6, 6.07) is -1.14. The van der Waals surface area contributed by atoms with E-state index in [0.29, 0.717) is 12.8 Å². The molecule has 8 nitrogen and oxygen atoms in total. The number of unbranched alkanes of at least 4 members (excludes halogenated alkanes) is 1. The summed E-state index contributed by atoms with van der Waals surface area (Å²) >= 11 is 0. The van der Waals surface area contributed by atoms with Crippen molar-refractivity contribution in [3.05, 3.63) is 0 Å². The Bertz CT molecular complexity index is 703. The number of ketones is 1. The molecular formula is C25H45F3N4O4. The van der Waals surface area contributed by atoms with Gasteiger partial charge in [-0.05, 0) is 44.9 Å². The molecule has 0 aliphatic heterocycles. The Hall–Kier alpha value is -2.17. The molecule has 0 aromatic rings. The molecule has 0 aromatic carbocycles. The van der Waals surface area contributed by atoms with Crippen LogP contribution in [-0.4, -0.2) is 60.9 Å². The Kier molecular flexibility index (Phi) is 16.3. The topological polar surface area (TPSA) is 116 Å². The van der Waals surface area contributed by atoms with Crippen LogP contribution in [0.3, 0.4) is 0 Å². The number of halogens is 3. The largest absolute Gasteiger partial charge is 0.471 e. The minimum atomic E-state index is -4.94. The third kappa shape index (κ3) is 13.2. The second kappa shape index (κ2) is 17.3. The van der Waals surface area contributed by atoms with E-state index in [0.717, 1.165) is 19.3 Å². The fraction of sp³-hybridized carbons (Fsp3) is 0.840. The molecule has 0 rings (SSSR count). The summed E-state index contributed by atoms with van der Waals surface area (Å²) < 4.78 is 36.8. The zero-order chi connectivity index (χ0) is 27.9. The SMILES string of the molecule is CCCC(C)C(=O)[C@H](CCCCNC(=O)C(F)(F)F)NC(=O)CNC(=O)C(NC(C)CC)[C@@H](C)CC. The average Bonchev–Trinajstić information content (AvgIpc) is 2.82. The molecule has 36 heavy (non-hydrogen) atoms. The Morgan fingerprint density at radius 1 is 0.861 bits per heavy atom. The van der Waals surface area contributed by atoms with E-state index in [9.17, 15) is 32.3 Å². The van der Waals surface area contributed by atoms with Gasteiger partial charge in [-0.3, -0.25) is 19.2 Å². The van der Waals surface area contributed by atoms with Crippen LogP contribution in [0.1, 0.15) is 86.5 Å². The van der Waals surface area contributed by atoms with Crippen molar-refractivity contribution in [3.63, 3.8) is 0 Å². The molecule has 0 saturated carbocycles. The van der Waals surface area contributed by atoms with Gasteiger partial charge in [0.2, 0.25) is 11.8 Å². The first-order valence-corrected chi connectivity index (χ1v) is 13.0. The number of hydrogen-bond acceptors (Lipinski definition) is 5. The summed E-state index contributed by atoms with van der Waals surface area (Å²) in [4.78, 5) is 49.1. The molecule has 0 spiro atoms. The van der Waals surface area contributed by atoms with Gasteiger partial charge in [-0.1, -0.05) is 47.5 Å². The zero-order valence-corrected chi connectivity index (χ0v) is 22.5. The van der Waals surface area contributed by atoms with Crippen molar-refractivity contribution < 1.29 is 32.3 Å². The highest BCUT2D eigenvalue weighted by Crippen LogP contribution is 2.15. The van der Waals surface area contributed by atoms with Crippen LogP contribution in [0.25, 0.3) is 0 Å². The minimum Gasteiger partial charge on any atom is -0.348 e. The van der Waals surface area contributed by atoms with Crippen LogP contribution in [0.4, 0.5) is 13.2 Å². The van der Waals surface area contributed by atoms with Crippen LogP contribution >= 0.6 is 0 Å². The molecule has 3 unspecified atom stereocenters. The molecule has 0 aliphatic carbocycles. The smallest absolute Gasteiger partial charge is 0.348 e. The van der Waals surface area contributed by atoms with Crippen molar-refractivity contribution >= 4 is 23.5 Å². The summed E-state index contributed by atoms with van der Waals surface area (Å²) in [5, 5.41) is 10.4. The molecular weight excluding hydrogens is 477 g/mol. The van der Waals surface area contributed by atoms with E-state index in [4.69, 9.17) is 0 Å². The van der Waals surface area contributed by atoms with Gasteiger partial charge >= 0.3 is 12.1 Å². The number of hydrogen-bond donors (Lipinski definition) is 4. The number of Topliss-reactive ketones (excluding diaryl/α,β-unsaturated/α-hetero) is 1. The van der Waals surface area contributed by atoms with E-state index < -0.39 is 30.1 Å². The quantitative estimate of drug-likeness (QED) is 0.206. The molecule has 0 fully saturated rings. The van der Waals surface area contributed by atoms with Gasteiger partial charge in [0.1, 0.15) is 0 Å². The van der Waals surface area contributed by atoms with E-state index >= 15 is 0 Å². The van der Waals surface area contributed by atoms with Gasteiger partial charge < -0.3 is 21.3 Å². The predicted molar refractivity (Wildman–Crippen MR) is 133 cm³/mol. The lowest BCUT2D eigenvalue weighted by molar-refractivity contribution is -0.173. The summed E-state index contributed by atoms with van der Waals surface area (Å²) in [5.41, 5.74) is 0. The van der Waals surface area contributed by atoms with Crippen molar-refractivity contribution in [2.75, 3.05) is 13.1 Å². The molecule has 4 N–H and O–H groups in total.